The van der Waals surface area contributed by atoms with Crippen LogP contribution in [0, 0.1) is 0 Å². The number of benzene rings is 2. The van der Waals surface area contributed by atoms with Crippen molar-refractivity contribution >= 4 is 16.8 Å². The first-order chi connectivity index (χ1) is 12.3. The first-order valence-corrected chi connectivity index (χ1v) is 7.70. The van der Waals surface area contributed by atoms with E-state index < -0.39 is 17.3 Å². The molecule has 0 unspecified atom stereocenters. The van der Waals surface area contributed by atoms with Gasteiger partial charge in [-0.25, -0.2) is 4.98 Å². The van der Waals surface area contributed by atoms with Crippen molar-refractivity contribution in [2.75, 3.05) is 7.05 Å². The number of hydrogen-bond donors (Lipinski definition) is 1. The van der Waals surface area contributed by atoms with Gasteiger partial charge < -0.3 is 5.32 Å². The van der Waals surface area contributed by atoms with Gasteiger partial charge in [-0.15, -0.1) is 0 Å². The number of hydrogen-bond acceptors (Lipinski definition) is 3. The van der Waals surface area contributed by atoms with Gasteiger partial charge in [0.15, 0.2) is 0 Å². The van der Waals surface area contributed by atoms with Crippen LogP contribution in [0.15, 0.2) is 53.3 Å². The van der Waals surface area contributed by atoms with Gasteiger partial charge in [0.25, 0.3) is 5.56 Å². The van der Waals surface area contributed by atoms with Gasteiger partial charge >= 0.3 is 6.18 Å². The molecule has 0 aliphatic heterocycles. The fourth-order valence-corrected chi connectivity index (χ4v) is 2.60. The highest BCUT2D eigenvalue weighted by atomic mass is 19.4. The summed E-state index contributed by atoms with van der Waals surface area (Å²) in [7, 11) is 1.45. The minimum absolute atomic E-state index is 0.146. The standard InChI is InChI=1S/C18H14F3N3O2/c1-22-16(25)10-15-23-14-5-3-2-4-13(14)17(26)24(15)12-8-6-11(7-9-12)18(19,20)21/h2-9H,10H2,1H3,(H,22,25). The third-order valence-electron chi connectivity index (χ3n) is 3.90. The van der Waals surface area contributed by atoms with E-state index in [0.717, 1.165) is 16.7 Å². The maximum absolute atomic E-state index is 12.9. The van der Waals surface area contributed by atoms with Crippen molar-refractivity contribution in [3.63, 3.8) is 0 Å². The third kappa shape index (κ3) is 3.30. The van der Waals surface area contributed by atoms with Crippen LogP contribution >= 0.6 is 0 Å². The summed E-state index contributed by atoms with van der Waals surface area (Å²) in [5, 5.41) is 2.76. The van der Waals surface area contributed by atoms with Crippen molar-refractivity contribution in [3.8, 4) is 5.69 Å². The SMILES string of the molecule is CNC(=O)Cc1nc2ccccc2c(=O)n1-c1ccc(C(F)(F)F)cc1. The largest absolute Gasteiger partial charge is 0.416 e. The maximum Gasteiger partial charge on any atom is 0.416 e. The molecule has 5 nitrogen and oxygen atoms in total. The normalized spacial score (nSPS) is 11.5. The van der Waals surface area contributed by atoms with E-state index in [1.54, 1.807) is 24.3 Å². The van der Waals surface area contributed by atoms with Crippen LogP contribution in [0.3, 0.4) is 0 Å². The van der Waals surface area contributed by atoms with E-state index in [4.69, 9.17) is 0 Å². The molecule has 0 saturated heterocycles. The van der Waals surface area contributed by atoms with Gasteiger partial charge in [0.2, 0.25) is 5.91 Å². The van der Waals surface area contributed by atoms with E-state index in [2.05, 4.69) is 10.3 Å². The van der Waals surface area contributed by atoms with Crippen LogP contribution in [-0.4, -0.2) is 22.5 Å². The van der Waals surface area contributed by atoms with Crippen LogP contribution in [-0.2, 0) is 17.4 Å². The second-order valence-corrected chi connectivity index (χ2v) is 5.58. The lowest BCUT2D eigenvalue weighted by Gasteiger charge is -2.14. The van der Waals surface area contributed by atoms with Crippen molar-refractivity contribution in [2.45, 2.75) is 12.6 Å². The Morgan fingerprint density at radius 1 is 1.12 bits per heavy atom. The Labute approximate surface area is 146 Å². The molecule has 0 radical (unpaired) electrons. The molecule has 1 heterocycles. The number of likely N-dealkylation sites (N-methyl/N-ethyl adjacent to an activating group) is 1. The number of rotatable bonds is 3. The van der Waals surface area contributed by atoms with Crippen LogP contribution in [0.1, 0.15) is 11.4 Å². The van der Waals surface area contributed by atoms with E-state index >= 15 is 0 Å². The molecular weight excluding hydrogens is 347 g/mol. The van der Waals surface area contributed by atoms with Crippen molar-refractivity contribution in [1.29, 1.82) is 0 Å². The molecule has 2 aromatic carbocycles. The summed E-state index contributed by atoms with van der Waals surface area (Å²) in [5.74, 6) is -0.222. The molecule has 134 valence electrons. The Hall–Kier alpha value is -3.16. The van der Waals surface area contributed by atoms with Crippen molar-refractivity contribution < 1.29 is 18.0 Å². The maximum atomic E-state index is 12.9. The fraction of sp³-hybridized carbons (Fsp3) is 0.167. The molecule has 0 fully saturated rings. The zero-order valence-electron chi connectivity index (χ0n) is 13.7. The minimum atomic E-state index is -4.48. The van der Waals surface area contributed by atoms with E-state index in [-0.39, 0.29) is 23.8 Å². The quantitative estimate of drug-likeness (QED) is 0.780. The molecule has 26 heavy (non-hydrogen) atoms. The Morgan fingerprint density at radius 3 is 2.38 bits per heavy atom. The van der Waals surface area contributed by atoms with Crippen LogP contribution in [0.2, 0.25) is 0 Å². The van der Waals surface area contributed by atoms with E-state index in [1.165, 1.54) is 19.2 Å². The summed E-state index contributed by atoms with van der Waals surface area (Å²) in [6.07, 6.45) is -4.66. The van der Waals surface area contributed by atoms with E-state index in [0.29, 0.717) is 10.9 Å². The molecule has 0 atom stereocenters. The van der Waals surface area contributed by atoms with Gasteiger partial charge in [-0.1, -0.05) is 12.1 Å². The number of para-hydroxylation sites is 1. The highest BCUT2D eigenvalue weighted by molar-refractivity contribution is 5.80. The molecule has 0 aliphatic carbocycles. The first kappa shape index (κ1) is 17.7. The highest BCUT2D eigenvalue weighted by Gasteiger charge is 2.30. The van der Waals surface area contributed by atoms with Crippen LogP contribution in [0.5, 0.6) is 0 Å². The van der Waals surface area contributed by atoms with Crippen molar-refractivity contribution in [2.24, 2.45) is 0 Å². The number of nitrogens with zero attached hydrogens (tertiary/aromatic N) is 2. The van der Waals surface area contributed by atoms with Crippen LogP contribution in [0.4, 0.5) is 13.2 Å². The van der Waals surface area contributed by atoms with Crippen molar-refractivity contribution in [3.05, 3.63) is 70.3 Å². The lowest BCUT2D eigenvalue weighted by atomic mass is 10.1. The summed E-state index contributed by atoms with van der Waals surface area (Å²) in [5.41, 5.74) is -0.648. The molecule has 0 spiro atoms. The lowest BCUT2D eigenvalue weighted by molar-refractivity contribution is -0.137. The number of alkyl halides is 3. The number of carbonyl (C=O) groups is 1. The Bertz CT molecular complexity index is 1020. The minimum Gasteiger partial charge on any atom is -0.359 e. The summed E-state index contributed by atoms with van der Waals surface area (Å²) in [6, 6.07) is 10.8. The van der Waals surface area contributed by atoms with Gasteiger partial charge in [-0.3, -0.25) is 14.2 Å². The number of aromatic nitrogens is 2. The highest BCUT2D eigenvalue weighted by Crippen LogP contribution is 2.29. The Morgan fingerprint density at radius 2 is 1.77 bits per heavy atom. The number of fused-ring (bicyclic) bond motifs is 1. The summed E-state index contributed by atoms with van der Waals surface area (Å²) >= 11 is 0. The Kier molecular flexibility index (Phi) is 4.50. The predicted octanol–water partition coefficient (Wildman–Crippen LogP) is 2.69. The monoisotopic (exact) mass is 361 g/mol. The summed E-state index contributed by atoms with van der Waals surface area (Å²) in [6.45, 7) is 0. The molecule has 0 aliphatic rings. The molecule has 1 aromatic heterocycles. The number of nitrogens with one attached hydrogen (secondary N) is 1. The lowest BCUT2D eigenvalue weighted by Crippen LogP contribution is -2.28. The van der Waals surface area contributed by atoms with Crippen LogP contribution in [0.25, 0.3) is 16.6 Å². The summed E-state index contributed by atoms with van der Waals surface area (Å²) in [4.78, 5) is 29.0. The topological polar surface area (TPSA) is 64.0 Å². The van der Waals surface area contributed by atoms with Gasteiger partial charge in [0.05, 0.1) is 28.6 Å². The summed E-state index contributed by atoms with van der Waals surface area (Å²) < 4.78 is 39.5. The fourth-order valence-electron chi connectivity index (χ4n) is 2.60. The zero-order chi connectivity index (χ0) is 18.9. The van der Waals surface area contributed by atoms with Gasteiger partial charge in [0, 0.05) is 7.05 Å². The molecule has 3 aromatic rings. The van der Waals surface area contributed by atoms with Gasteiger partial charge in [0.1, 0.15) is 5.82 Å². The third-order valence-corrected chi connectivity index (χ3v) is 3.90. The number of carbonyl (C=O) groups excluding carboxylic acids is 1. The predicted molar refractivity (Wildman–Crippen MR) is 90.1 cm³/mol. The molecular formula is C18H14F3N3O2. The van der Waals surface area contributed by atoms with E-state index in [9.17, 15) is 22.8 Å². The number of halogens is 3. The molecule has 0 saturated carbocycles. The number of amides is 1. The van der Waals surface area contributed by atoms with E-state index in [1.807, 2.05) is 0 Å². The second kappa shape index (κ2) is 6.62. The Balaban J connectivity index is 2.22. The smallest absolute Gasteiger partial charge is 0.359 e. The molecule has 1 amide bonds. The second-order valence-electron chi connectivity index (χ2n) is 5.58. The average molecular weight is 361 g/mol. The van der Waals surface area contributed by atoms with Gasteiger partial charge in [-0.05, 0) is 36.4 Å². The molecule has 1 N–H and O–H groups in total. The van der Waals surface area contributed by atoms with Crippen LogP contribution < -0.4 is 10.9 Å². The first-order valence-electron chi connectivity index (χ1n) is 7.70. The van der Waals surface area contributed by atoms with Crippen molar-refractivity contribution in [1.82, 2.24) is 14.9 Å². The molecule has 0 bridgehead atoms. The molecule has 3 rings (SSSR count). The zero-order valence-corrected chi connectivity index (χ0v) is 13.7. The average Bonchev–Trinajstić information content (AvgIpc) is 2.61. The molecule has 8 heteroatoms. The van der Waals surface area contributed by atoms with Gasteiger partial charge in [-0.2, -0.15) is 13.2 Å².